The number of carbonyl (C=O) groups is 1. The minimum absolute atomic E-state index is 0.282. The fraction of sp³-hybridized carbons (Fsp3) is 0.286. The van der Waals surface area contributed by atoms with E-state index in [9.17, 15) is 9.90 Å². The lowest BCUT2D eigenvalue weighted by atomic mass is 10.1. The van der Waals surface area contributed by atoms with Crippen LogP contribution in [0.15, 0.2) is 18.3 Å². The SMILES string of the molecule is O=C(O)C(O)C(O)c1ccc[nH]1. The normalized spacial score (nSPS) is 15.5. The van der Waals surface area contributed by atoms with E-state index in [0.29, 0.717) is 0 Å². The van der Waals surface area contributed by atoms with Gasteiger partial charge in [-0.3, -0.25) is 0 Å². The second kappa shape index (κ2) is 3.38. The Kier molecular flexibility index (Phi) is 2.47. The van der Waals surface area contributed by atoms with Gasteiger partial charge in [0.1, 0.15) is 6.10 Å². The van der Waals surface area contributed by atoms with Crippen LogP contribution in [0.25, 0.3) is 0 Å². The van der Waals surface area contributed by atoms with Crippen molar-refractivity contribution in [3.63, 3.8) is 0 Å². The molecule has 2 unspecified atom stereocenters. The second-order valence-corrected chi connectivity index (χ2v) is 2.35. The molecule has 0 radical (unpaired) electrons. The van der Waals surface area contributed by atoms with Gasteiger partial charge in [-0.1, -0.05) is 0 Å². The molecule has 0 aliphatic heterocycles. The summed E-state index contributed by atoms with van der Waals surface area (Å²) in [6, 6.07) is 3.10. The summed E-state index contributed by atoms with van der Waals surface area (Å²) in [7, 11) is 0. The molecule has 4 N–H and O–H groups in total. The Balaban J connectivity index is 2.71. The van der Waals surface area contributed by atoms with Crippen LogP contribution in [0.2, 0.25) is 0 Å². The molecule has 0 spiro atoms. The Hall–Kier alpha value is -1.33. The zero-order valence-electron chi connectivity index (χ0n) is 6.14. The Labute approximate surface area is 68.3 Å². The Morgan fingerprint density at radius 1 is 1.50 bits per heavy atom. The van der Waals surface area contributed by atoms with Crippen molar-refractivity contribution in [1.29, 1.82) is 0 Å². The fourth-order valence-electron chi connectivity index (χ4n) is 0.833. The van der Waals surface area contributed by atoms with E-state index in [4.69, 9.17) is 10.2 Å². The summed E-state index contributed by atoms with van der Waals surface area (Å²) >= 11 is 0. The van der Waals surface area contributed by atoms with Crippen molar-refractivity contribution in [3.05, 3.63) is 24.0 Å². The smallest absolute Gasteiger partial charge is 0.335 e. The molecule has 1 aromatic heterocycles. The molecule has 66 valence electrons. The van der Waals surface area contributed by atoms with Crippen molar-refractivity contribution in [2.45, 2.75) is 12.2 Å². The Morgan fingerprint density at radius 3 is 2.58 bits per heavy atom. The average molecular weight is 171 g/mol. The second-order valence-electron chi connectivity index (χ2n) is 2.35. The predicted octanol–water partition coefficient (Wildman–Crippen LogP) is -0.506. The summed E-state index contributed by atoms with van der Waals surface area (Å²) in [5.41, 5.74) is 0.282. The van der Waals surface area contributed by atoms with Gasteiger partial charge in [0.25, 0.3) is 0 Å². The van der Waals surface area contributed by atoms with E-state index in [2.05, 4.69) is 4.98 Å². The van der Waals surface area contributed by atoms with Gasteiger partial charge >= 0.3 is 5.97 Å². The van der Waals surface area contributed by atoms with Gasteiger partial charge in [0.15, 0.2) is 6.10 Å². The summed E-state index contributed by atoms with van der Waals surface area (Å²) in [5, 5.41) is 26.4. The van der Waals surface area contributed by atoms with Crippen LogP contribution in [-0.4, -0.2) is 32.4 Å². The maximum absolute atomic E-state index is 10.2. The minimum Gasteiger partial charge on any atom is -0.479 e. The van der Waals surface area contributed by atoms with Crippen molar-refractivity contribution in [2.75, 3.05) is 0 Å². The van der Waals surface area contributed by atoms with Crippen LogP contribution in [0.1, 0.15) is 11.8 Å². The molecule has 5 nitrogen and oxygen atoms in total. The first-order valence-electron chi connectivity index (χ1n) is 3.35. The summed E-state index contributed by atoms with van der Waals surface area (Å²) in [6.45, 7) is 0. The van der Waals surface area contributed by atoms with Crippen molar-refractivity contribution in [1.82, 2.24) is 4.98 Å². The highest BCUT2D eigenvalue weighted by Gasteiger charge is 2.25. The average Bonchev–Trinajstić information content (AvgIpc) is 2.53. The molecule has 5 heteroatoms. The van der Waals surface area contributed by atoms with E-state index in [0.717, 1.165) is 0 Å². The monoisotopic (exact) mass is 171 g/mol. The molecule has 0 amide bonds. The zero-order chi connectivity index (χ0) is 9.14. The number of aliphatic hydroxyl groups excluding tert-OH is 2. The van der Waals surface area contributed by atoms with Gasteiger partial charge in [-0.15, -0.1) is 0 Å². The number of aliphatic hydroxyl groups is 2. The number of aliphatic carboxylic acids is 1. The maximum Gasteiger partial charge on any atom is 0.335 e. The molecule has 0 fully saturated rings. The van der Waals surface area contributed by atoms with Crippen LogP contribution < -0.4 is 0 Å². The number of aromatic nitrogens is 1. The van der Waals surface area contributed by atoms with Gasteiger partial charge in [0.05, 0.1) is 0 Å². The number of nitrogens with one attached hydrogen (secondary N) is 1. The number of carboxylic acids is 1. The van der Waals surface area contributed by atoms with Gasteiger partial charge < -0.3 is 20.3 Å². The van der Waals surface area contributed by atoms with Crippen molar-refractivity contribution >= 4 is 5.97 Å². The molecular weight excluding hydrogens is 162 g/mol. The highest BCUT2D eigenvalue weighted by atomic mass is 16.4. The maximum atomic E-state index is 10.2. The highest BCUT2D eigenvalue weighted by Crippen LogP contribution is 2.14. The van der Waals surface area contributed by atoms with Gasteiger partial charge in [0, 0.05) is 11.9 Å². The van der Waals surface area contributed by atoms with Gasteiger partial charge in [0.2, 0.25) is 0 Å². The molecule has 0 saturated carbocycles. The minimum atomic E-state index is -1.79. The Morgan fingerprint density at radius 2 is 2.17 bits per heavy atom. The summed E-state index contributed by atoms with van der Waals surface area (Å²) in [5.74, 6) is -1.45. The van der Waals surface area contributed by atoms with Gasteiger partial charge in [-0.25, -0.2) is 4.79 Å². The van der Waals surface area contributed by atoms with Gasteiger partial charge in [-0.05, 0) is 12.1 Å². The van der Waals surface area contributed by atoms with E-state index in [1.165, 1.54) is 12.3 Å². The predicted molar refractivity (Wildman–Crippen MR) is 39.4 cm³/mol. The Bertz CT molecular complexity index is 256. The van der Waals surface area contributed by atoms with Crippen LogP contribution in [0.4, 0.5) is 0 Å². The highest BCUT2D eigenvalue weighted by molar-refractivity contribution is 5.72. The fourth-order valence-corrected chi connectivity index (χ4v) is 0.833. The lowest BCUT2D eigenvalue weighted by Crippen LogP contribution is -2.27. The molecular formula is C7H9NO4. The number of rotatable bonds is 3. The first-order valence-corrected chi connectivity index (χ1v) is 3.35. The quantitative estimate of drug-likeness (QED) is 0.493. The molecule has 12 heavy (non-hydrogen) atoms. The molecule has 1 rings (SSSR count). The largest absolute Gasteiger partial charge is 0.479 e. The lowest BCUT2D eigenvalue weighted by molar-refractivity contribution is -0.153. The molecule has 0 bridgehead atoms. The van der Waals surface area contributed by atoms with E-state index in [1.54, 1.807) is 6.07 Å². The van der Waals surface area contributed by atoms with Crippen LogP contribution in [-0.2, 0) is 4.79 Å². The number of hydrogen-bond donors (Lipinski definition) is 4. The van der Waals surface area contributed by atoms with Crippen LogP contribution in [0.3, 0.4) is 0 Å². The van der Waals surface area contributed by atoms with E-state index in [1.807, 2.05) is 0 Å². The zero-order valence-corrected chi connectivity index (χ0v) is 6.14. The molecule has 0 aliphatic rings. The molecule has 0 saturated heterocycles. The van der Waals surface area contributed by atoms with Crippen LogP contribution in [0, 0.1) is 0 Å². The summed E-state index contributed by atoms with van der Waals surface area (Å²) in [4.78, 5) is 12.8. The molecule has 1 aromatic rings. The van der Waals surface area contributed by atoms with Crippen LogP contribution >= 0.6 is 0 Å². The summed E-state index contributed by atoms with van der Waals surface area (Å²) in [6.07, 6.45) is -1.66. The lowest BCUT2D eigenvalue weighted by Gasteiger charge is -2.11. The van der Waals surface area contributed by atoms with Crippen molar-refractivity contribution < 1.29 is 20.1 Å². The third-order valence-corrected chi connectivity index (χ3v) is 1.49. The van der Waals surface area contributed by atoms with Crippen molar-refractivity contribution in [2.24, 2.45) is 0 Å². The number of aromatic amines is 1. The van der Waals surface area contributed by atoms with Crippen molar-refractivity contribution in [3.8, 4) is 0 Å². The molecule has 0 aliphatic carbocycles. The number of H-pyrrole nitrogens is 1. The van der Waals surface area contributed by atoms with E-state index in [-0.39, 0.29) is 5.69 Å². The van der Waals surface area contributed by atoms with Crippen LogP contribution in [0.5, 0.6) is 0 Å². The summed E-state index contributed by atoms with van der Waals surface area (Å²) < 4.78 is 0. The van der Waals surface area contributed by atoms with E-state index >= 15 is 0 Å². The standard InChI is InChI=1S/C7H9NO4/c9-5(6(10)7(11)12)4-2-1-3-8-4/h1-3,5-6,8-10H,(H,11,12). The first-order chi connectivity index (χ1) is 5.63. The third kappa shape index (κ3) is 1.63. The molecule has 2 atom stereocenters. The number of hydrogen-bond acceptors (Lipinski definition) is 3. The molecule has 1 heterocycles. The van der Waals surface area contributed by atoms with E-state index < -0.39 is 18.2 Å². The van der Waals surface area contributed by atoms with Gasteiger partial charge in [-0.2, -0.15) is 0 Å². The number of carboxylic acid groups (broad SMARTS) is 1. The first kappa shape index (κ1) is 8.76. The topological polar surface area (TPSA) is 93.6 Å². The third-order valence-electron chi connectivity index (χ3n) is 1.49. The molecule has 0 aromatic carbocycles.